The molecule has 84 valence electrons. The number of halogens is 1. The molecule has 2 rings (SSSR count). The fourth-order valence-corrected chi connectivity index (χ4v) is 3.23. The van der Waals surface area contributed by atoms with Crippen LogP contribution in [0.15, 0.2) is 40.2 Å². The summed E-state index contributed by atoms with van der Waals surface area (Å²) in [6.45, 7) is 2.11. The summed E-state index contributed by atoms with van der Waals surface area (Å²) >= 11 is 5.29. The minimum Gasteiger partial charge on any atom is -0.324 e. The van der Waals surface area contributed by atoms with E-state index in [0.717, 1.165) is 10.9 Å². The van der Waals surface area contributed by atoms with Gasteiger partial charge in [-0.25, -0.2) is 0 Å². The Hall–Kier alpha value is -0.640. The van der Waals surface area contributed by atoms with Crippen LogP contribution in [0.5, 0.6) is 0 Å². The van der Waals surface area contributed by atoms with Gasteiger partial charge in [-0.2, -0.15) is 0 Å². The first-order valence-corrected chi connectivity index (χ1v) is 6.98. The van der Waals surface area contributed by atoms with Gasteiger partial charge >= 0.3 is 0 Å². The summed E-state index contributed by atoms with van der Waals surface area (Å²) in [5, 5.41) is 2.09. The molecule has 0 bridgehead atoms. The van der Waals surface area contributed by atoms with Crippen LogP contribution in [0.1, 0.15) is 24.9 Å². The number of hydrogen-bond acceptors (Lipinski definition) is 2. The van der Waals surface area contributed by atoms with Gasteiger partial charge in [0.1, 0.15) is 0 Å². The van der Waals surface area contributed by atoms with E-state index in [1.807, 2.05) is 0 Å². The van der Waals surface area contributed by atoms with E-state index in [9.17, 15) is 0 Å². The van der Waals surface area contributed by atoms with Crippen LogP contribution in [0.25, 0.3) is 10.4 Å². The minimum atomic E-state index is 0.154. The summed E-state index contributed by atoms with van der Waals surface area (Å²) in [5.41, 5.74) is 8.44. The fraction of sp³-hybridized carbons (Fsp3) is 0.231. The monoisotopic (exact) mass is 295 g/mol. The Morgan fingerprint density at radius 3 is 2.44 bits per heavy atom. The third kappa shape index (κ3) is 2.37. The van der Waals surface area contributed by atoms with Crippen molar-refractivity contribution in [3.63, 3.8) is 0 Å². The minimum absolute atomic E-state index is 0.154. The second-order valence-corrected chi connectivity index (χ2v) is 5.50. The lowest BCUT2D eigenvalue weighted by Gasteiger charge is -2.09. The number of nitrogens with two attached hydrogens (primary N) is 1. The molecular formula is C13H14BrNS. The number of rotatable bonds is 3. The predicted octanol–water partition coefficient (Wildman–Crippen LogP) is 4.59. The molecule has 1 aromatic carbocycles. The van der Waals surface area contributed by atoms with Gasteiger partial charge in [-0.15, -0.1) is 11.3 Å². The lowest BCUT2D eigenvalue weighted by Crippen LogP contribution is -2.07. The molecule has 1 aromatic heterocycles. The number of hydrogen-bond donors (Lipinski definition) is 1. The molecule has 0 aliphatic rings. The molecule has 1 heterocycles. The van der Waals surface area contributed by atoms with Crippen LogP contribution in [0.3, 0.4) is 0 Å². The Morgan fingerprint density at radius 2 is 1.94 bits per heavy atom. The Labute approximate surface area is 108 Å². The summed E-state index contributed by atoms with van der Waals surface area (Å²) in [5.74, 6) is 0. The van der Waals surface area contributed by atoms with E-state index in [2.05, 4.69) is 58.6 Å². The van der Waals surface area contributed by atoms with Crippen molar-refractivity contribution in [3.05, 3.63) is 45.7 Å². The molecule has 0 fully saturated rings. The maximum Gasteiger partial charge on any atom is 0.0484 e. The van der Waals surface area contributed by atoms with E-state index in [1.165, 1.54) is 16.0 Å². The van der Waals surface area contributed by atoms with E-state index in [4.69, 9.17) is 5.73 Å². The van der Waals surface area contributed by atoms with Gasteiger partial charge < -0.3 is 5.73 Å². The quantitative estimate of drug-likeness (QED) is 0.881. The molecular weight excluding hydrogens is 282 g/mol. The fourth-order valence-electron chi connectivity index (χ4n) is 1.62. The largest absolute Gasteiger partial charge is 0.324 e. The number of benzene rings is 1. The van der Waals surface area contributed by atoms with Crippen molar-refractivity contribution < 1.29 is 0 Å². The molecule has 0 aliphatic heterocycles. The highest BCUT2D eigenvalue weighted by Gasteiger charge is 2.06. The average molecular weight is 296 g/mol. The van der Waals surface area contributed by atoms with Crippen molar-refractivity contribution >= 4 is 27.3 Å². The predicted molar refractivity (Wildman–Crippen MR) is 74.7 cm³/mol. The van der Waals surface area contributed by atoms with Crippen LogP contribution in [-0.4, -0.2) is 0 Å². The maximum atomic E-state index is 5.99. The van der Waals surface area contributed by atoms with Gasteiger partial charge in [0, 0.05) is 15.4 Å². The third-order valence-electron chi connectivity index (χ3n) is 2.66. The first-order valence-electron chi connectivity index (χ1n) is 5.31. The Bertz CT molecular complexity index is 461. The zero-order chi connectivity index (χ0) is 11.5. The molecule has 1 atom stereocenters. The van der Waals surface area contributed by atoms with Gasteiger partial charge in [0.2, 0.25) is 0 Å². The molecule has 0 amide bonds. The van der Waals surface area contributed by atoms with Gasteiger partial charge in [-0.3, -0.25) is 0 Å². The number of thiophene rings is 1. The van der Waals surface area contributed by atoms with Gasteiger partial charge in [-0.1, -0.05) is 31.2 Å². The summed E-state index contributed by atoms with van der Waals surface area (Å²) in [4.78, 5) is 1.27. The lowest BCUT2D eigenvalue weighted by atomic mass is 10.0. The first kappa shape index (κ1) is 11.8. The molecule has 0 saturated carbocycles. The van der Waals surface area contributed by atoms with Crippen molar-refractivity contribution in [1.29, 1.82) is 0 Å². The SMILES string of the molecule is CCC(N)c1ccc(-c2sccc2Br)cc1. The zero-order valence-electron chi connectivity index (χ0n) is 9.11. The summed E-state index contributed by atoms with van der Waals surface area (Å²) < 4.78 is 1.16. The van der Waals surface area contributed by atoms with E-state index in [1.54, 1.807) is 11.3 Å². The average Bonchev–Trinajstić information content (AvgIpc) is 2.75. The molecule has 0 radical (unpaired) electrons. The highest BCUT2D eigenvalue weighted by atomic mass is 79.9. The second kappa shape index (κ2) is 5.13. The topological polar surface area (TPSA) is 26.0 Å². The van der Waals surface area contributed by atoms with Crippen LogP contribution < -0.4 is 5.73 Å². The summed E-state index contributed by atoms with van der Waals surface area (Å²) in [7, 11) is 0. The van der Waals surface area contributed by atoms with Crippen molar-refractivity contribution in [1.82, 2.24) is 0 Å². The summed E-state index contributed by atoms with van der Waals surface area (Å²) in [6.07, 6.45) is 0.974. The Kier molecular flexibility index (Phi) is 3.79. The van der Waals surface area contributed by atoms with Crippen molar-refractivity contribution in [2.45, 2.75) is 19.4 Å². The smallest absolute Gasteiger partial charge is 0.0484 e. The second-order valence-electron chi connectivity index (χ2n) is 3.73. The van der Waals surface area contributed by atoms with Gasteiger partial charge in [0.05, 0.1) is 0 Å². The molecule has 0 saturated heterocycles. The molecule has 1 nitrogen and oxygen atoms in total. The Balaban J connectivity index is 2.30. The van der Waals surface area contributed by atoms with E-state index in [-0.39, 0.29) is 6.04 Å². The van der Waals surface area contributed by atoms with Gasteiger partial charge in [0.15, 0.2) is 0 Å². The van der Waals surface area contributed by atoms with Crippen LogP contribution in [-0.2, 0) is 0 Å². The van der Waals surface area contributed by atoms with Gasteiger partial charge in [0.25, 0.3) is 0 Å². The first-order chi connectivity index (χ1) is 7.72. The van der Waals surface area contributed by atoms with Crippen LogP contribution in [0.2, 0.25) is 0 Å². The van der Waals surface area contributed by atoms with E-state index in [0.29, 0.717) is 0 Å². The maximum absolute atomic E-state index is 5.99. The van der Waals surface area contributed by atoms with Crippen molar-refractivity contribution in [2.75, 3.05) is 0 Å². The molecule has 2 aromatic rings. The van der Waals surface area contributed by atoms with Crippen LogP contribution in [0.4, 0.5) is 0 Å². The summed E-state index contributed by atoms with van der Waals surface area (Å²) in [6, 6.07) is 10.8. The highest BCUT2D eigenvalue weighted by Crippen LogP contribution is 2.33. The normalized spacial score (nSPS) is 12.7. The van der Waals surface area contributed by atoms with E-state index >= 15 is 0 Å². The molecule has 3 heteroatoms. The highest BCUT2D eigenvalue weighted by molar-refractivity contribution is 9.10. The van der Waals surface area contributed by atoms with Crippen LogP contribution >= 0.6 is 27.3 Å². The molecule has 1 unspecified atom stereocenters. The standard InChI is InChI=1S/C13H14BrNS/c1-2-12(15)9-3-5-10(6-4-9)13-11(14)7-8-16-13/h3-8,12H,2,15H2,1H3. The molecule has 2 N–H and O–H groups in total. The van der Waals surface area contributed by atoms with E-state index < -0.39 is 0 Å². The van der Waals surface area contributed by atoms with Crippen molar-refractivity contribution in [3.8, 4) is 10.4 Å². The van der Waals surface area contributed by atoms with Crippen LogP contribution in [0, 0.1) is 0 Å². The molecule has 16 heavy (non-hydrogen) atoms. The van der Waals surface area contributed by atoms with Gasteiger partial charge in [-0.05, 0) is 44.9 Å². The lowest BCUT2D eigenvalue weighted by molar-refractivity contribution is 0.699. The van der Waals surface area contributed by atoms with Crippen molar-refractivity contribution in [2.24, 2.45) is 5.73 Å². The Morgan fingerprint density at radius 1 is 1.25 bits per heavy atom. The third-order valence-corrected chi connectivity index (χ3v) is 4.54. The molecule has 0 spiro atoms. The molecule has 0 aliphatic carbocycles. The zero-order valence-corrected chi connectivity index (χ0v) is 11.5.